The summed E-state index contributed by atoms with van der Waals surface area (Å²) in [4.78, 5) is 0. The van der Waals surface area contributed by atoms with Gasteiger partial charge in [-0.1, -0.05) is 35.3 Å². The summed E-state index contributed by atoms with van der Waals surface area (Å²) in [5.41, 5.74) is 0.958. The Morgan fingerprint density at radius 1 is 1.33 bits per heavy atom. The fourth-order valence-electron chi connectivity index (χ4n) is 1.27. The van der Waals surface area contributed by atoms with Gasteiger partial charge < -0.3 is 0 Å². The van der Waals surface area contributed by atoms with Crippen molar-refractivity contribution < 1.29 is 0 Å². The maximum Gasteiger partial charge on any atom is 0.0674 e. The molecule has 2 rings (SSSR count). The lowest BCUT2D eigenvalue weighted by atomic mass is 10.2. The molecule has 0 N–H and O–H groups in total. The van der Waals surface area contributed by atoms with E-state index in [1.807, 2.05) is 18.3 Å². The van der Waals surface area contributed by atoms with Crippen LogP contribution in [0.1, 0.15) is 5.56 Å². The molecule has 2 aromatic rings. The average Bonchev–Trinajstić information content (AvgIpc) is 2.59. The van der Waals surface area contributed by atoms with Crippen molar-refractivity contribution in [3.05, 3.63) is 50.7 Å². The molecule has 0 aliphatic rings. The highest BCUT2D eigenvalue weighted by Gasteiger charge is 2.05. The van der Waals surface area contributed by atoms with Gasteiger partial charge in [0.25, 0.3) is 0 Å². The summed E-state index contributed by atoms with van der Waals surface area (Å²) >= 11 is 15.3. The minimum atomic E-state index is 0.570. The first-order valence-electron chi connectivity index (χ1n) is 4.27. The lowest BCUT2D eigenvalue weighted by Crippen LogP contribution is -2.00. The summed E-state index contributed by atoms with van der Waals surface area (Å²) in [7, 11) is 0. The van der Waals surface area contributed by atoms with Gasteiger partial charge in [-0.3, -0.25) is 4.68 Å². The molecule has 0 radical (unpaired) electrons. The summed E-state index contributed by atoms with van der Waals surface area (Å²) in [5, 5.41) is 5.31. The predicted molar refractivity (Wildman–Crippen MR) is 65.5 cm³/mol. The Kier molecular flexibility index (Phi) is 3.34. The molecule has 15 heavy (non-hydrogen) atoms. The second-order valence-electron chi connectivity index (χ2n) is 3.07. The molecule has 78 valence electrons. The van der Waals surface area contributed by atoms with Gasteiger partial charge >= 0.3 is 0 Å². The van der Waals surface area contributed by atoms with Gasteiger partial charge in [0, 0.05) is 6.20 Å². The van der Waals surface area contributed by atoms with Gasteiger partial charge in [-0.05, 0) is 27.6 Å². The third-order valence-corrected chi connectivity index (χ3v) is 3.23. The molecular formula is C10H7BrCl2N2. The third-order valence-electron chi connectivity index (χ3n) is 1.97. The first-order valence-corrected chi connectivity index (χ1v) is 5.82. The number of nitrogens with zero attached hydrogens (tertiary/aromatic N) is 2. The number of halogens is 3. The van der Waals surface area contributed by atoms with E-state index in [4.69, 9.17) is 23.2 Å². The van der Waals surface area contributed by atoms with Crippen LogP contribution in [0.4, 0.5) is 0 Å². The molecule has 0 unspecified atom stereocenters. The van der Waals surface area contributed by atoms with E-state index in [9.17, 15) is 0 Å². The SMILES string of the molecule is Clc1cccc(Cn2cc(Br)cn2)c1Cl. The highest BCUT2D eigenvalue weighted by atomic mass is 79.9. The van der Waals surface area contributed by atoms with E-state index in [0.717, 1.165) is 10.0 Å². The molecule has 0 atom stereocenters. The normalized spacial score (nSPS) is 10.6. The van der Waals surface area contributed by atoms with Crippen molar-refractivity contribution in [1.29, 1.82) is 0 Å². The van der Waals surface area contributed by atoms with Crippen LogP contribution in [0.3, 0.4) is 0 Å². The zero-order chi connectivity index (χ0) is 10.8. The van der Waals surface area contributed by atoms with Gasteiger partial charge in [0.05, 0.1) is 27.3 Å². The van der Waals surface area contributed by atoms with Crippen LogP contribution in [-0.4, -0.2) is 9.78 Å². The van der Waals surface area contributed by atoms with Crippen LogP contribution in [0.2, 0.25) is 10.0 Å². The summed E-state index contributed by atoms with van der Waals surface area (Å²) in [6.07, 6.45) is 3.62. The molecule has 0 amide bonds. The molecule has 1 aromatic heterocycles. The third kappa shape index (κ3) is 2.54. The van der Waals surface area contributed by atoms with Crippen LogP contribution in [0, 0.1) is 0 Å². The number of hydrogen-bond donors (Lipinski definition) is 0. The standard InChI is InChI=1S/C10H7BrCl2N2/c11-8-4-14-15(6-8)5-7-2-1-3-9(12)10(7)13/h1-4,6H,5H2. The van der Waals surface area contributed by atoms with E-state index in [-0.39, 0.29) is 0 Å². The van der Waals surface area contributed by atoms with Gasteiger partial charge in [-0.2, -0.15) is 5.10 Å². The number of benzene rings is 1. The smallest absolute Gasteiger partial charge is 0.0674 e. The summed E-state index contributed by atoms with van der Waals surface area (Å²) in [6.45, 7) is 0.616. The average molecular weight is 306 g/mol. The van der Waals surface area contributed by atoms with Crippen molar-refractivity contribution in [1.82, 2.24) is 9.78 Å². The monoisotopic (exact) mass is 304 g/mol. The minimum Gasteiger partial charge on any atom is -0.267 e. The summed E-state index contributed by atoms with van der Waals surface area (Å²) < 4.78 is 2.74. The molecular weight excluding hydrogens is 299 g/mol. The van der Waals surface area contributed by atoms with Gasteiger partial charge in [0.2, 0.25) is 0 Å². The lowest BCUT2D eigenvalue weighted by molar-refractivity contribution is 0.687. The van der Waals surface area contributed by atoms with Crippen LogP contribution in [-0.2, 0) is 6.54 Å². The number of aromatic nitrogens is 2. The van der Waals surface area contributed by atoms with Gasteiger partial charge in [0.1, 0.15) is 0 Å². The molecule has 0 bridgehead atoms. The van der Waals surface area contributed by atoms with Gasteiger partial charge in [0.15, 0.2) is 0 Å². The van der Waals surface area contributed by atoms with Crippen molar-refractivity contribution in [2.45, 2.75) is 6.54 Å². The van der Waals surface area contributed by atoms with E-state index >= 15 is 0 Å². The van der Waals surface area contributed by atoms with Crippen LogP contribution in [0.5, 0.6) is 0 Å². The quantitative estimate of drug-likeness (QED) is 0.820. The molecule has 0 aliphatic carbocycles. The summed E-state index contributed by atoms with van der Waals surface area (Å²) in [5.74, 6) is 0. The fraction of sp³-hybridized carbons (Fsp3) is 0.100. The highest BCUT2D eigenvalue weighted by Crippen LogP contribution is 2.26. The van der Waals surface area contributed by atoms with Crippen molar-refractivity contribution in [3.8, 4) is 0 Å². The van der Waals surface area contributed by atoms with Crippen molar-refractivity contribution in [2.24, 2.45) is 0 Å². The lowest BCUT2D eigenvalue weighted by Gasteiger charge is -2.05. The number of hydrogen-bond acceptors (Lipinski definition) is 1. The van der Waals surface area contributed by atoms with E-state index in [0.29, 0.717) is 16.6 Å². The minimum absolute atomic E-state index is 0.570. The molecule has 1 aromatic carbocycles. The first kappa shape index (κ1) is 11.0. The van der Waals surface area contributed by atoms with Gasteiger partial charge in [-0.15, -0.1) is 0 Å². The van der Waals surface area contributed by atoms with Crippen LogP contribution in [0.15, 0.2) is 35.1 Å². The van der Waals surface area contributed by atoms with E-state index < -0.39 is 0 Å². The van der Waals surface area contributed by atoms with E-state index in [1.165, 1.54) is 0 Å². The molecule has 0 saturated heterocycles. The Balaban J connectivity index is 2.28. The molecule has 2 nitrogen and oxygen atoms in total. The fourth-order valence-corrected chi connectivity index (χ4v) is 1.98. The Bertz CT molecular complexity index is 482. The maximum absolute atomic E-state index is 6.07. The Morgan fingerprint density at radius 2 is 2.13 bits per heavy atom. The summed E-state index contributed by atoms with van der Waals surface area (Å²) in [6, 6.07) is 5.58. The zero-order valence-electron chi connectivity index (χ0n) is 7.62. The second-order valence-corrected chi connectivity index (χ2v) is 4.77. The Labute approximate surface area is 106 Å². The molecule has 0 aliphatic heterocycles. The topological polar surface area (TPSA) is 17.8 Å². The van der Waals surface area contributed by atoms with E-state index in [1.54, 1.807) is 16.9 Å². The Hall–Kier alpha value is -0.510. The van der Waals surface area contributed by atoms with Crippen molar-refractivity contribution in [3.63, 3.8) is 0 Å². The molecule has 1 heterocycles. The van der Waals surface area contributed by atoms with Gasteiger partial charge in [-0.25, -0.2) is 0 Å². The molecule has 5 heteroatoms. The first-order chi connectivity index (χ1) is 7.16. The molecule has 0 fully saturated rings. The largest absolute Gasteiger partial charge is 0.267 e. The highest BCUT2D eigenvalue weighted by molar-refractivity contribution is 9.10. The maximum atomic E-state index is 6.07. The van der Waals surface area contributed by atoms with Crippen molar-refractivity contribution in [2.75, 3.05) is 0 Å². The van der Waals surface area contributed by atoms with Crippen LogP contribution >= 0.6 is 39.1 Å². The van der Waals surface area contributed by atoms with Crippen LogP contribution in [0.25, 0.3) is 0 Å². The molecule has 0 saturated carbocycles. The number of rotatable bonds is 2. The van der Waals surface area contributed by atoms with E-state index in [2.05, 4.69) is 21.0 Å². The van der Waals surface area contributed by atoms with Crippen LogP contribution < -0.4 is 0 Å². The predicted octanol–water partition coefficient (Wildman–Crippen LogP) is 4.00. The zero-order valence-corrected chi connectivity index (χ0v) is 10.7. The Morgan fingerprint density at radius 3 is 2.80 bits per heavy atom. The van der Waals surface area contributed by atoms with Crippen molar-refractivity contribution >= 4 is 39.1 Å². The molecule has 0 spiro atoms. The second kappa shape index (κ2) is 4.56.